The molecule has 0 saturated carbocycles. The summed E-state index contributed by atoms with van der Waals surface area (Å²) in [6, 6.07) is 11.9. The first-order valence-corrected chi connectivity index (χ1v) is 5.41. The van der Waals surface area contributed by atoms with Crippen LogP contribution in [0.25, 0.3) is 10.9 Å². The molecule has 4 heteroatoms. The minimum absolute atomic E-state index is 0.111. The molecule has 17 heavy (non-hydrogen) atoms. The summed E-state index contributed by atoms with van der Waals surface area (Å²) in [7, 11) is 0. The Morgan fingerprint density at radius 3 is 2.88 bits per heavy atom. The van der Waals surface area contributed by atoms with Gasteiger partial charge in [-0.1, -0.05) is 24.3 Å². The lowest BCUT2D eigenvalue weighted by atomic mass is 10.2. The van der Waals surface area contributed by atoms with Crippen LogP contribution >= 0.6 is 0 Å². The fraction of sp³-hybridized carbons (Fsp3) is 0.0769. The highest BCUT2D eigenvalue weighted by molar-refractivity contribution is 5.78. The Labute approximate surface area is 97.6 Å². The Bertz CT molecular complexity index is 712. The molecular formula is C13H11N3O. The summed E-state index contributed by atoms with van der Waals surface area (Å²) in [4.78, 5) is 18.5. The summed E-state index contributed by atoms with van der Waals surface area (Å²) in [5.41, 5.74) is 1.72. The number of aromatic nitrogens is 3. The van der Waals surface area contributed by atoms with Crippen molar-refractivity contribution in [1.29, 1.82) is 0 Å². The predicted octanol–water partition coefficient (Wildman–Crippen LogP) is 1.77. The van der Waals surface area contributed by atoms with Crippen LogP contribution in [0.15, 0.2) is 53.6 Å². The van der Waals surface area contributed by atoms with E-state index in [0.29, 0.717) is 6.54 Å². The van der Waals surface area contributed by atoms with E-state index in [2.05, 4.69) is 9.97 Å². The summed E-state index contributed by atoms with van der Waals surface area (Å²) in [5.74, 6) is 0. The second-order valence-corrected chi connectivity index (χ2v) is 3.89. The van der Waals surface area contributed by atoms with Crippen molar-refractivity contribution in [2.24, 2.45) is 0 Å². The highest BCUT2D eigenvalue weighted by Gasteiger charge is 2.01. The number of nitrogens with one attached hydrogen (secondary N) is 1. The van der Waals surface area contributed by atoms with Gasteiger partial charge in [-0.25, -0.2) is 4.79 Å². The first-order chi connectivity index (χ1) is 8.33. The van der Waals surface area contributed by atoms with Crippen LogP contribution in [0, 0.1) is 0 Å². The normalized spacial score (nSPS) is 10.8. The Morgan fingerprint density at radius 1 is 1.18 bits per heavy atom. The molecule has 0 bridgehead atoms. The molecular weight excluding hydrogens is 214 g/mol. The molecule has 0 unspecified atom stereocenters. The molecule has 84 valence electrons. The fourth-order valence-electron chi connectivity index (χ4n) is 1.84. The van der Waals surface area contributed by atoms with Crippen molar-refractivity contribution in [2.45, 2.75) is 6.54 Å². The van der Waals surface area contributed by atoms with E-state index in [0.717, 1.165) is 16.6 Å². The number of nitrogens with zero attached hydrogens (tertiary/aromatic N) is 2. The van der Waals surface area contributed by atoms with Gasteiger partial charge in [0.2, 0.25) is 0 Å². The number of para-hydroxylation sites is 1. The fourth-order valence-corrected chi connectivity index (χ4v) is 1.84. The highest BCUT2D eigenvalue weighted by atomic mass is 16.1. The van der Waals surface area contributed by atoms with Crippen molar-refractivity contribution in [3.63, 3.8) is 0 Å². The predicted molar refractivity (Wildman–Crippen MR) is 65.9 cm³/mol. The van der Waals surface area contributed by atoms with E-state index in [1.807, 2.05) is 36.4 Å². The van der Waals surface area contributed by atoms with Gasteiger partial charge in [0.25, 0.3) is 0 Å². The van der Waals surface area contributed by atoms with Crippen LogP contribution in [0.1, 0.15) is 5.69 Å². The molecule has 0 fully saturated rings. The van der Waals surface area contributed by atoms with E-state index in [1.54, 1.807) is 17.0 Å². The van der Waals surface area contributed by atoms with Crippen molar-refractivity contribution < 1.29 is 0 Å². The minimum Gasteiger partial charge on any atom is -0.313 e. The second kappa shape index (κ2) is 3.90. The number of hydrogen-bond donors (Lipinski definition) is 1. The van der Waals surface area contributed by atoms with Gasteiger partial charge in [-0.05, 0) is 12.1 Å². The van der Waals surface area contributed by atoms with Gasteiger partial charge >= 0.3 is 5.69 Å². The highest BCUT2D eigenvalue weighted by Crippen LogP contribution is 2.11. The van der Waals surface area contributed by atoms with Crippen molar-refractivity contribution in [1.82, 2.24) is 14.5 Å². The molecule has 3 rings (SSSR count). The lowest BCUT2D eigenvalue weighted by Crippen LogP contribution is -2.17. The zero-order valence-corrected chi connectivity index (χ0v) is 9.13. The van der Waals surface area contributed by atoms with Crippen LogP contribution in [0.2, 0.25) is 0 Å². The maximum atomic E-state index is 11.4. The lowest BCUT2D eigenvalue weighted by Gasteiger charge is -2.03. The molecule has 1 aromatic carbocycles. The summed E-state index contributed by atoms with van der Waals surface area (Å²) < 4.78 is 1.59. The molecule has 0 radical (unpaired) electrons. The molecule has 0 aliphatic heterocycles. The van der Waals surface area contributed by atoms with Crippen molar-refractivity contribution >= 4 is 10.9 Å². The topological polar surface area (TPSA) is 50.7 Å². The monoisotopic (exact) mass is 225 g/mol. The van der Waals surface area contributed by atoms with Crippen molar-refractivity contribution in [2.75, 3.05) is 0 Å². The molecule has 1 N–H and O–H groups in total. The number of aromatic amines is 1. The third-order valence-corrected chi connectivity index (χ3v) is 2.71. The number of fused-ring (bicyclic) bond motifs is 1. The van der Waals surface area contributed by atoms with E-state index in [4.69, 9.17) is 0 Å². The van der Waals surface area contributed by atoms with Crippen LogP contribution < -0.4 is 5.69 Å². The Balaban J connectivity index is 2.01. The van der Waals surface area contributed by atoms with E-state index < -0.39 is 0 Å². The molecule has 3 aromatic rings. The number of hydrogen-bond acceptors (Lipinski definition) is 2. The largest absolute Gasteiger partial charge is 0.325 e. The van der Waals surface area contributed by atoms with Gasteiger partial charge in [0.15, 0.2) is 0 Å². The molecule has 0 saturated heterocycles. The third-order valence-electron chi connectivity index (χ3n) is 2.71. The first-order valence-electron chi connectivity index (χ1n) is 5.41. The Kier molecular flexibility index (Phi) is 2.26. The summed E-state index contributed by atoms with van der Waals surface area (Å²) in [6.45, 7) is 0.493. The summed E-state index contributed by atoms with van der Waals surface area (Å²) in [6.07, 6.45) is 3.35. The Hall–Kier alpha value is -2.36. The van der Waals surface area contributed by atoms with Crippen LogP contribution in [0.3, 0.4) is 0 Å². The number of H-pyrrole nitrogens is 1. The van der Waals surface area contributed by atoms with Crippen molar-refractivity contribution in [3.8, 4) is 0 Å². The molecule has 0 aliphatic rings. The SMILES string of the molecule is O=c1[nH]ccn1Cc1ccc2ccccc2n1. The number of pyridine rings is 1. The van der Waals surface area contributed by atoms with E-state index >= 15 is 0 Å². The number of imidazole rings is 1. The maximum Gasteiger partial charge on any atom is 0.325 e. The standard InChI is InChI=1S/C13H11N3O/c17-13-14-7-8-16(13)9-11-6-5-10-3-1-2-4-12(10)15-11/h1-8H,9H2,(H,14,17). The molecule has 0 amide bonds. The van der Waals surface area contributed by atoms with Gasteiger partial charge in [0.1, 0.15) is 0 Å². The summed E-state index contributed by atoms with van der Waals surface area (Å²) >= 11 is 0. The van der Waals surface area contributed by atoms with Crippen LogP contribution in [0.4, 0.5) is 0 Å². The van der Waals surface area contributed by atoms with E-state index in [1.165, 1.54) is 0 Å². The van der Waals surface area contributed by atoms with Crippen LogP contribution in [-0.4, -0.2) is 14.5 Å². The first kappa shape index (κ1) is 9.84. The number of rotatable bonds is 2. The van der Waals surface area contributed by atoms with Gasteiger partial charge in [-0.15, -0.1) is 0 Å². The van der Waals surface area contributed by atoms with Gasteiger partial charge in [0, 0.05) is 17.8 Å². The van der Waals surface area contributed by atoms with Gasteiger partial charge < -0.3 is 4.98 Å². The van der Waals surface area contributed by atoms with Crippen molar-refractivity contribution in [3.05, 3.63) is 65.0 Å². The quantitative estimate of drug-likeness (QED) is 0.722. The van der Waals surface area contributed by atoms with E-state index in [-0.39, 0.29) is 5.69 Å². The Morgan fingerprint density at radius 2 is 2.06 bits per heavy atom. The average Bonchev–Trinajstić information content (AvgIpc) is 2.75. The zero-order chi connectivity index (χ0) is 11.7. The average molecular weight is 225 g/mol. The molecule has 0 spiro atoms. The minimum atomic E-state index is -0.111. The lowest BCUT2D eigenvalue weighted by molar-refractivity contribution is 0.745. The van der Waals surface area contributed by atoms with E-state index in [9.17, 15) is 4.79 Å². The number of benzene rings is 1. The zero-order valence-electron chi connectivity index (χ0n) is 9.13. The molecule has 2 heterocycles. The molecule has 0 atom stereocenters. The van der Waals surface area contributed by atoms with Gasteiger partial charge in [-0.2, -0.15) is 0 Å². The molecule has 2 aromatic heterocycles. The molecule has 0 aliphatic carbocycles. The third kappa shape index (κ3) is 1.85. The summed E-state index contributed by atoms with van der Waals surface area (Å²) in [5, 5.41) is 1.11. The van der Waals surface area contributed by atoms with Gasteiger partial charge in [-0.3, -0.25) is 9.55 Å². The van der Waals surface area contributed by atoms with Crippen LogP contribution in [-0.2, 0) is 6.54 Å². The van der Waals surface area contributed by atoms with Crippen LogP contribution in [0.5, 0.6) is 0 Å². The molecule has 4 nitrogen and oxygen atoms in total. The smallest absolute Gasteiger partial charge is 0.313 e. The van der Waals surface area contributed by atoms with Gasteiger partial charge in [0.05, 0.1) is 17.8 Å². The second-order valence-electron chi connectivity index (χ2n) is 3.89. The maximum absolute atomic E-state index is 11.4.